The summed E-state index contributed by atoms with van der Waals surface area (Å²) in [5, 5.41) is 8.51. The van der Waals surface area contributed by atoms with E-state index in [2.05, 4.69) is 34.0 Å². The molecular formula is C33H40FN9O4. The molecule has 1 aliphatic heterocycles. The molecule has 0 saturated carbocycles. The molecule has 4 aromatic rings. The molecule has 3 N–H and O–H groups in total. The number of amides is 3. The number of likely N-dealkylation sites (tertiary alicyclic amines) is 1. The number of hydrogen-bond acceptors (Lipinski definition) is 9. The van der Waals surface area contributed by atoms with Gasteiger partial charge in [-0.1, -0.05) is 32.0 Å². The molecule has 3 heterocycles. The minimum Gasteiger partial charge on any atom is -0.383 e. The molecule has 47 heavy (non-hydrogen) atoms. The zero-order chi connectivity index (χ0) is 33.7. The summed E-state index contributed by atoms with van der Waals surface area (Å²) in [6, 6.07) is 10.2. The van der Waals surface area contributed by atoms with E-state index in [1.54, 1.807) is 28.9 Å². The lowest BCUT2D eigenvalue weighted by Gasteiger charge is -2.32. The minimum absolute atomic E-state index is 0.0683. The summed E-state index contributed by atoms with van der Waals surface area (Å²) in [5.41, 5.74) is 8.60. The van der Waals surface area contributed by atoms with Crippen molar-refractivity contribution in [3.63, 3.8) is 0 Å². The van der Waals surface area contributed by atoms with Crippen LogP contribution in [0.25, 0.3) is 22.3 Å². The first-order valence-corrected chi connectivity index (χ1v) is 15.7. The Balaban J connectivity index is 1.39. The van der Waals surface area contributed by atoms with Crippen LogP contribution in [0.3, 0.4) is 0 Å². The first-order chi connectivity index (χ1) is 22.6. The standard InChI is InChI=1S/C33H40FN9O4/c1-5-40(6-2)15-14-28(45)41-16-12-25(13-17-41)42-32-29(31(35)36-20-37-32)30(39-42)23-10-11-27(26(34)19-23)43(47-22(4)44)33(46)38-24-9-7-8-21(3)18-24/h7-11,18-20,25H,5-6,12-17H2,1-4H3,(H,38,46)(H2,35,36,37). The monoisotopic (exact) mass is 645 g/mol. The van der Waals surface area contributed by atoms with Crippen molar-refractivity contribution in [2.24, 2.45) is 0 Å². The molecular weight excluding hydrogens is 605 g/mol. The molecule has 0 unspecified atom stereocenters. The SMILES string of the molecule is CCN(CC)CCC(=O)N1CCC(n2nc(-c3ccc(N(OC(C)=O)C(=O)Nc4cccc(C)c4)c(F)c3)c3c(N)ncnc32)CC1. The number of anilines is 3. The van der Waals surface area contributed by atoms with Crippen LogP contribution in [0.2, 0.25) is 0 Å². The van der Waals surface area contributed by atoms with Crippen LogP contribution in [0.5, 0.6) is 0 Å². The molecule has 0 aliphatic carbocycles. The number of urea groups is 1. The Morgan fingerprint density at radius 1 is 1.09 bits per heavy atom. The van der Waals surface area contributed by atoms with Gasteiger partial charge < -0.3 is 25.7 Å². The Kier molecular flexibility index (Phi) is 10.3. The molecule has 0 bridgehead atoms. The van der Waals surface area contributed by atoms with Gasteiger partial charge >= 0.3 is 12.0 Å². The van der Waals surface area contributed by atoms with Gasteiger partial charge in [0.05, 0.1) is 11.4 Å². The summed E-state index contributed by atoms with van der Waals surface area (Å²) in [7, 11) is 0. The highest BCUT2D eigenvalue weighted by Gasteiger charge is 2.29. The Morgan fingerprint density at radius 2 is 1.83 bits per heavy atom. The summed E-state index contributed by atoms with van der Waals surface area (Å²) >= 11 is 0. The van der Waals surface area contributed by atoms with Gasteiger partial charge in [0.2, 0.25) is 5.91 Å². The maximum absolute atomic E-state index is 15.8. The first-order valence-electron chi connectivity index (χ1n) is 15.7. The number of hydroxylamine groups is 1. The van der Waals surface area contributed by atoms with E-state index in [0.717, 1.165) is 32.1 Å². The number of carbonyl (C=O) groups excluding carboxylic acids is 3. The van der Waals surface area contributed by atoms with Gasteiger partial charge in [0, 0.05) is 44.2 Å². The van der Waals surface area contributed by atoms with Crippen molar-refractivity contribution < 1.29 is 23.6 Å². The number of aryl methyl sites for hydroxylation is 1. The van der Waals surface area contributed by atoms with Crippen molar-refractivity contribution in [1.82, 2.24) is 29.5 Å². The summed E-state index contributed by atoms with van der Waals surface area (Å²) < 4.78 is 17.6. The molecule has 1 saturated heterocycles. The van der Waals surface area contributed by atoms with Crippen molar-refractivity contribution in [1.29, 1.82) is 0 Å². The third kappa shape index (κ3) is 7.49. The van der Waals surface area contributed by atoms with Gasteiger partial charge in [-0.25, -0.2) is 28.6 Å². The third-order valence-electron chi connectivity index (χ3n) is 8.33. The zero-order valence-corrected chi connectivity index (χ0v) is 27.1. The highest BCUT2D eigenvalue weighted by molar-refractivity contribution is 6.02. The molecule has 0 spiro atoms. The van der Waals surface area contributed by atoms with Crippen molar-refractivity contribution in [2.75, 3.05) is 48.8 Å². The number of hydrogen-bond donors (Lipinski definition) is 2. The van der Waals surface area contributed by atoms with Crippen LogP contribution >= 0.6 is 0 Å². The molecule has 0 atom stereocenters. The van der Waals surface area contributed by atoms with Crippen LogP contribution in [0.1, 0.15) is 51.6 Å². The maximum atomic E-state index is 15.8. The number of nitrogens with zero attached hydrogens (tertiary/aromatic N) is 7. The normalized spacial score (nSPS) is 13.6. The smallest absolute Gasteiger partial charge is 0.360 e. The summed E-state index contributed by atoms with van der Waals surface area (Å²) in [4.78, 5) is 55.8. The quantitative estimate of drug-likeness (QED) is 0.241. The second-order valence-electron chi connectivity index (χ2n) is 11.5. The lowest BCUT2D eigenvalue weighted by atomic mass is 10.0. The summed E-state index contributed by atoms with van der Waals surface area (Å²) in [5.74, 6) is -1.32. The minimum atomic E-state index is -0.859. The van der Waals surface area contributed by atoms with E-state index >= 15 is 4.39 Å². The molecule has 2 aromatic heterocycles. The van der Waals surface area contributed by atoms with E-state index < -0.39 is 17.8 Å². The average Bonchev–Trinajstić information content (AvgIpc) is 3.45. The Labute approximate surface area is 272 Å². The van der Waals surface area contributed by atoms with E-state index in [1.165, 1.54) is 18.5 Å². The lowest BCUT2D eigenvalue weighted by molar-refractivity contribution is -0.141. The average molecular weight is 646 g/mol. The molecule has 1 fully saturated rings. The fraction of sp³-hybridized carbons (Fsp3) is 0.394. The topological polar surface area (TPSA) is 152 Å². The number of rotatable bonds is 9. The van der Waals surface area contributed by atoms with Crippen molar-refractivity contribution >= 4 is 46.1 Å². The van der Waals surface area contributed by atoms with E-state index in [9.17, 15) is 14.4 Å². The predicted molar refractivity (Wildman–Crippen MR) is 177 cm³/mol. The van der Waals surface area contributed by atoms with E-state index in [0.29, 0.717) is 65.4 Å². The highest BCUT2D eigenvalue weighted by Crippen LogP contribution is 2.36. The number of nitrogens with one attached hydrogen (secondary N) is 1. The van der Waals surface area contributed by atoms with Crippen LogP contribution in [0.4, 0.5) is 26.4 Å². The Morgan fingerprint density at radius 3 is 2.49 bits per heavy atom. The number of nitrogens with two attached hydrogens (primary N) is 1. The van der Waals surface area contributed by atoms with Gasteiger partial charge in [0.25, 0.3) is 0 Å². The van der Waals surface area contributed by atoms with Gasteiger partial charge in [0.15, 0.2) is 11.5 Å². The number of fused-ring (bicyclic) bond motifs is 1. The molecule has 13 nitrogen and oxygen atoms in total. The highest BCUT2D eigenvalue weighted by atomic mass is 19.1. The lowest BCUT2D eigenvalue weighted by Crippen LogP contribution is -2.40. The molecule has 0 radical (unpaired) electrons. The fourth-order valence-electron chi connectivity index (χ4n) is 5.81. The van der Waals surface area contributed by atoms with Crippen LogP contribution in [-0.2, 0) is 14.4 Å². The summed E-state index contributed by atoms with van der Waals surface area (Å²) in [6.07, 6.45) is 3.17. The van der Waals surface area contributed by atoms with Crippen LogP contribution < -0.4 is 16.1 Å². The van der Waals surface area contributed by atoms with Crippen LogP contribution in [0.15, 0.2) is 48.8 Å². The molecule has 5 rings (SSSR count). The van der Waals surface area contributed by atoms with Gasteiger partial charge in [-0.3, -0.25) is 4.79 Å². The van der Waals surface area contributed by atoms with Crippen molar-refractivity contribution in [2.45, 2.75) is 53.0 Å². The van der Waals surface area contributed by atoms with Gasteiger partial charge in [-0.05, 0) is 62.7 Å². The second-order valence-corrected chi connectivity index (χ2v) is 11.5. The number of benzene rings is 2. The van der Waals surface area contributed by atoms with Gasteiger partial charge in [0.1, 0.15) is 23.5 Å². The van der Waals surface area contributed by atoms with E-state index in [-0.39, 0.29) is 23.5 Å². The Bertz CT molecular complexity index is 1770. The van der Waals surface area contributed by atoms with Crippen molar-refractivity contribution in [3.8, 4) is 11.3 Å². The second kappa shape index (κ2) is 14.5. The predicted octanol–water partition coefficient (Wildman–Crippen LogP) is 4.94. The third-order valence-corrected chi connectivity index (χ3v) is 8.33. The zero-order valence-electron chi connectivity index (χ0n) is 27.1. The molecule has 14 heteroatoms. The van der Waals surface area contributed by atoms with Crippen molar-refractivity contribution in [3.05, 3.63) is 60.2 Å². The van der Waals surface area contributed by atoms with Crippen LogP contribution in [0, 0.1) is 12.7 Å². The molecule has 2 aromatic carbocycles. The fourth-order valence-corrected chi connectivity index (χ4v) is 5.81. The van der Waals surface area contributed by atoms with E-state index in [4.69, 9.17) is 15.7 Å². The van der Waals surface area contributed by atoms with Gasteiger partial charge in [-0.2, -0.15) is 5.10 Å². The first kappa shape index (κ1) is 33.3. The number of carbonyl (C=O) groups is 3. The van der Waals surface area contributed by atoms with E-state index in [1.807, 2.05) is 17.9 Å². The number of halogens is 1. The largest absolute Gasteiger partial charge is 0.383 e. The maximum Gasteiger partial charge on any atom is 0.360 e. The molecule has 1 aliphatic rings. The Hall–Kier alpha value is -5.11. The molecule has 3 amide bonds. The number of piperidine rings is 1. The van der Waals surface area contributed by atoms with Crippen LogP contribution in [-0.4, -0.2) is 80.2 Å². The molecule has 248 valence electrons. The van der Waals surface area contributed by atoms with Gasteiger partial charge in [-0.15, -0.1) is 5.06 Å². The number of aromatic nitrogens is 4. The number of nitrogen functional groups attached to an aromatic ring is 1. The summed E-state index contributed by atoms with van der Waals surface area (Å²) in [6.45, 7) is 10.9.